The van der Waals surface area contributed by atoms with Crippen molar-refractivity contribution < 1.29 is 4.74 Å². The van der Waals surface area contributed by atoms with E-state index in [0.717, 1.165) is 36.8 Å². The summed E-state index contributed by atoms with van der Waals surface area (Å²) >= 11 is 0. The van der Waals surface area contributed by atoms with Gasteiger partial charge in [-0.05, 0) is 0 Å². The van der Waals surface area contributed by atoms with E-state index in [-0.39, 0.29) is 0 Å². The Hall–Kier alpha value is -1.36. The third-order valence-electron chi connectivity index (χ3n) is 2.24. The maximum atomic E-state index is 5.38. The minimum absolute atomic E-state index is 0.647. The van der Waals surface area contributed by atoms with Gasteiger partial charge in [0.15, 0.2) is 5.82 Å². The maximum Gasteiger partial charge on any atom is 0.257 e. The fraction of sp³-hybridized carbons (Fsp3) is 0.500. The van der Waals surface area contributed by atoms with Crippen LogP contribution in [0, 0.1) is 0 Å². The summed E-state index contributed by atoms with van der Waals surface area (Å²) in [5.41, 5.74) is 2.05. The second-order valence-corrected chi connectivity index (χ2v) is 3.15. The summed E-state index contributed by atoms with van der Waals surface area (Å²) in [5, 5.41) is 6.37. The van der Waals surface area contributed by atoms with Gasteiger partial charge in [0.2, 0.25) is 0 Å². The molecule has 0 bridgehead atoms. The van der Waals surface area contributed by atoms with Crippen molar-refractivity contribution in [1.82, 2.24) is 15.3 Å². The van der Waals surface area contributed by atoms with E-state index >= 15 is 0 Å². The van der Waals surface area contributed by atoms with Crippen LogP contribution in [0.25, 0.3) is 0 Å². The van der Waals surface area contributed by atoms with Crippen LogP contribution in [-0.2, 0) is 13.1 Å². The molecule has 2 aliphatic heterocycles. The number of rotatable bonds is 0. The van der Waals surface area contributed by atoms with Gasteiger partial charge in [0.1, 0.15) is 6.61 Å². The molecule has 0 spiro atoms. The van der Waals surface area contributed by atoms with Crippen LogP contribution < -0.4 is 15.4 Å². The number of nitrogens with zero attached hydrogens (tertiary/aromatic N) is 2. The van der Waals surface area contributed by atoms with Crippen LogP contribution >= 0.6 is 0 Å². The van der Waals surface area contributed by atoms with Crippen molar-refractivity contribution >= 4 is 5.82 Å². The summed E-state index contributed by atoms with van der Waals surface area (Å²) in [5.74, 6) is 1.43. The second kappa shape index (κ2) is 2.56. The summed E-state index contributed by atoms with van der Waals surface area (Å²) in [6.07, 6.45) is 0. The molecule has 68 valence electrons. The molecule has 0 radical (unpaired) electrons. The van der Waals surface area contributed by atoms with Crippen molar-refractivity contribution in [1.29, 1.82) is 0 Å². The van der Waals surface area contributed by atoms with Crippen molar-refractivity contribution in [2.75, 3.05) is 18.5 Å². The number of ether oxygens (including phenoxy) is 1. The van der Waals surface area contributed by atoms with Gasteiger partial charge in [-0.3, -0.25) is 0 Å². The number of hydrogen-bond donors (Lipinski definition) is 2. The smallest absolute Gasteiger partial charge is 0.257 e. The number of hydrogen-bond acceptors (Lipinski definition) is 5. The first-order chi connectivity index (χ1) is 6.43. The van der Waals surface area contributed by atoms with E-state index in [2.05, 4.69) is 20.6 Å². The normalized spacial score (nSPS) is 18.5. The molecule has 0 atom stereocenters. The van der Waals surface area contributed by atoms with Crippen molar-refractivity contribution in [2.24, 2.45) is 0 Å². The van der Waals surface area contributed by atoms with Gasteiger partial charge in [0.25, 0.3) is 5.88 Å². The Morgan fingerprint density at radius 3 is 2.92 bits per heavy atom. The van der Waals surface area contributed by atoms with Crippen LogP contribution in [0.15, 0.2) is 0 Å². The molecular formula is C8H10N4O. The maximum absolute atomic E-state index is 5.38. The molecule has 0 fully saturated rings. The van der Waals surface area contributed by atoms with E-state index in [0.29, 0.717) is 12.5 Å². The van der Waals surface area contributed by atoms with Crippen LogP contribution in [0.3, 0.4) is 0 Å². The van der Waals surface area contributed by atoms with Crippen LogP contribution in [0.1, 0.15) is 11.4 Å². The summed E-state index contributed by atoms with van der Waals surface area (Å²) in [4.78, 5) is 8.82. The molecule has 5 nitrogen and oxygen atoms in total. The molecule has 0 aliphatic carbocycles. The van der Waals surface area contributed by atoms with E-state index in [1.165, 1.54) is 0 Å². The number of anilines is 1. The van der Waals surface area contributed by atoms with E-state index in [9.17, 15) is 0 Å². The predicted octanol–water partition coefficient (Wildman–Crippen LogP) is -0.116. The zero-order chi connectivity index (χ0) is 8.67. The van der Waals surface area contributed by atoms with E-state index in [1.807, 2.05) is 0 Å². The van der Waals surface area contributed by atoms with E-state index in [1.54, 1.807) is 0 Å². The number of nitrogens with one attached hydrogen (secondary N) is 2. The summed E-state index contributed by atoms with van der Waals surface area (Å²) in [6.45, 7) is 3.11. The van der Waals surface area contributed by atoms with Crippen molar-refractivity contribution in [3.8, 4) is 5.88 Å². The molecule has 0 amide bonds. The summed E-state index contributed by atoms with van der Waals surface area (Å²) in [6, 6.07) is 0. The Bertz CT molecular complexity index is 319. The van der Waals surface area contributed by atoms with Crippen LogP contribution in [-0.4, -0.2) is 23.1 Å². The third-order valence-corrected chi connectivity index (χ3v) is 2.24. The minimum Gasteiger partial charge on any atom is -0.473 e. The molecule has 0 saturated carbocycles. The fourth-order valence-electron chi connectivity index (χ4n) is 1.60. The average molecular weight is 178 g/mol. The van der Waals surface area contributed by atoms with Crippen LogP contribution in [0.4, 0.5) is 5.82 Å². The first-order valence-electron chi connectivity index (χ1n) is 4.40. The quantitative estimate of drug-likeness (QED) is 0.580. The van der Waals surface area contributed by atoms with Gasteiger partial charge in [-0.2, -0.15) is 0 Å². The van der Waals surface area contributed by atoms with Gasteiger partial charge in [-0.25, -0.2) is 9.97 Å². The van der Waals surface area contributed by atoms with Gasteiger partial charge >= 0.3 is 0 Å². The predicted molar refractivity (Wildman–Crippen MR) is 46.6 cm³/mol. The largest absolute Gasteiger partial charge is 0.473 e. The lowest BCUT2D eigenvalue weighted by Gasteiger charge is -2.17. The number of aromatic nitrogens is 2. The SMILES string of the molecule is C1COc2nc3c(nc2N1)CNC3. The Morgan fingerprint density at radius 2 is 2.00 bits per heavy atom. The fourth-order valence-corrected chi connectivity index (χ4v) is 1.60. The lowest BCUT2D eigenvalue weighted by Crippen LogP contribution is -2.20. The standard InChI is InChI=1S/C8H10N4O/c1-2-13-8-7(10-1)11-5-3-9-4-6(5)12-8/h9H,1-4H2,(H,10,11). The molecule has 2 aliphatic rings. The highest BCUT2D eigenvalue weighted by atomic mass is 16.5. The Morgan fingerprint density at radius 1 is 1.15 bits per heavy atom. The highest BCUT2D eigenvalue weighted by Gasteiger charge is 2.20. The van der Waals surface area contributed by atoms with Crippen LogP contribution in [0.5, 0.6) is 5.88 Å². The first kappa shape index (κ1) is 7.08. The van der Waals surface area contributed by atoms with Crippen molar-refractivity contribution in [2.45, 2.75) is 13.1 Å². The molecule has 1 aromatic heterocycles. The van der Waals surface area contributed by atoms with Gasteiger partial charge in [-0.1, -0.05) is 0 Å². The highest BCUT2D eigenvalue weighted by molar-refractivity contribution is 5.48. The molecule has 3 heterocycles. The molecule has 0 aromatic carbocycles. The second-order valence-electron chi connectivity index (χ2n) is 3.15. The molecule has 2 N–H and O–H groups in total. The third kappa shape index (κ3) is 1.04. The highest BCUT2D eigenvalue weighted by Crippen LogP contribution is 2.25. The van der Waals surface area contributed by atoms with E-state index in [4.69, 9.17) is 4.74 Å². The van der Waals surface area contributed by atoms with Crippen molar-refractivity contribution in [3.63, 3.8) is 0 Å². The number of fused-ring (bicyclic) bond motifs is 2. The Labute approximate surface area is 75.5 Å². The summed E-state index contributed by atoms with van der Waals surface area (Å²) < 4.78 is 5.38. The monoisotopic (exact) mass is 178 g/mol. The lowest BCUT2D eigenvalue weighted by molar-refractivity contribution is 0.307. The van der Waals surface area contributed by atoms with Crippen molar-refractivity contribution in [3.05, 3.63) is 11.4 Å². The average Bonchev–Trinajstić information content (AvgIpc) is 2.61. The zero-order valence-electron chi connectivity index (χ0n) is 7.13. The molecule has 5 heteroatoms. The topological polar surface area (TPSA) is 59.1 Å². The molecule has 3 rings (SSSR count). The minimum atomic E-state index is 0.647. The molecule has 0 saturated heterocycles. The van der Waals surface area contributed by atoms with Gasteiger partial charge in [0.05, 0.1) is 17.9 Å². The molecule has 13 heavy (non-hydrogen) atoms. The zero-order valence-corrected chi connectivity index (χ0v) is 7.13. The van der Waals surface area contributed by atoms with E-state index < -0.39 is 0 Å². The molecular weight excluding hydrogens is 168 g/mol. The molecule has 0 unspecified atom stereocenters. The lowest BCUT2D eigenvalue weighted by atomic mass is 10.3. The summed E-state index contributed by atoms with van der Waals surface area (Å²) in [7, 11) is 0. The van der Waals surface area contributed by atoms with Gasteiger partial charge in [0, 0.05) is 13.1 Å². The van der Waals surface area contributed by atoms with Gasteiger partial charge in [-0.15, -0.1) is 0 Å². The van der Waals surface area contributed by atoms with Crippen LogP contribution in [0.2, 0.25) is 0 Å². The first-order valence-corrected chi connectivity index (χ1v) is 4.40. The Balaban J connectivity index is 2.11. The molecule has 1 aromatic rings. The Kier molecular flexibility index (Phi) is 1.40. The van der Waals surface area contributed by atoms with Gasteiger partial charge < -0.3 is 15.4 Å².